The summed E-state index contributed by atoms with van der Waals surface area (Å²) in [6, 6.07) is 9.30. The number of nitrogens with zero attached hydrogens (tertiary/aromatic N) is 2. The van der Waals surface area contributed by atoms with Crippen LogP contribution in [0.3, 0.4) is 0 Å². The van der Waals surface area contributed by atoms with Gasteiger partial charge in [-0.25, -0.2) is 4.79 Å². The summed E-state index contributed by atoms with van der Waals surface area (Å²) >= 11 is 0. The molecule has 0 saturated carbocycles. The number of halogens is 2. The molecular formula is C16H15F2N3O5. The van der Waals surface area contributed by atoms with Gasteiger partial charge in [-0.2, -0.15) is 13.8 Å². The molecule has 0 radical (unpaired) electrons. The van der Waals surface area contributed by atoms with Crippen LogP contribution in [0.15, 0.2) is 47.4 Å². The van der Waals surface area contributed by atoms with Crippen molar-refractivity contribution in [2.75, 3.05) is 11.9 Å². The van der Waals surface area contributed by atoms with Crippen LogP contribution in [0.5, 0.6) is 0 Å². The van der Waals surface area contributed by atoms with E-state index in [2.05, 4.69) is 10.3 Å². The number of nitrogens with one attached hydrogen (secondary N) is 1. The summed E-state index contributed by atoms with van der Waals surface area (Å²) in [7, 11) is 0. The molecule has 3 atom stereocenters. The summed E-state index contributed by atoms with van der Waals surface area (Å²) in [6.45, 7) is -0.833. The fraction of sp³-hybridized carbons (Fsp3) is 0.312. The fourth-order valence-corrected chi connectivity index (χ4v) is 2.56. The van der Waals surface area contributed by atoms with Crippen molar-refractivity contribution in [1.82, 2.24) is 9.55 Å². The Morgan fingerprint density at radius 3 is 2.58 bits per heavy atom. The SMILES string of the molecule is O=C(Nc1ccn([C@@H]2O[C@H](CO)C(O)C2(F)F)c(=O)n1)c1ccccc1. The van der Waals surface area contributed by atoms with E-state index in [4.69, 9.17) is 9.84 Å². The molecule has 1 saturated heterocycles. The minimum absolute atomic E-state index is 0.124. The van der Waals surface area contributed by atoms with E-state index in [0.29, 0.717) is 10.1 Å². The van der Waals surface area contributed by atoms with Crippen molar-refractivity contribution < 1.29 is 28.5 Å². The van der Waals surface area contributed by atoms with E-state index in [1.807, 2.05) is 0 Å². The van der Waals surface area contributed by atoms with Gasteiger partial charge in [-0.05, 0) is 18.2 Å². The summed E-state index contributed by atoms with van der Waals surface area (Å²) < 4.78 is 33.6. The number of alkyl halides is 2. The molecule has 1 fully saturated rings. The van der Waals surface area contributed by atoms with Gasteiger partial charge in [-0.3, -0.25) is 9.36 Å². The lowest BCUT2D eigenvalue weighted by Crippen LogP contribution is -2.41. The molecule has 1 unspecified atom stereocenters. The maximum Gasteiger partial charge on any atom is 0.351 e. The van der Waals surface area contributed by atoms with Crippen LogP contribution in [0.4, 0.5) is 14.6 Å². The van der Waals surface area contributed by atoms with Crippen molar-refractivity contribution in [3.63, 3.8) is 0 Å². The Morgan fingerprint density at radius 2 is 2.00 bits per heavy atom. The highest BCUT2D eigenvalue weighted by atomic mass is 19.3. The van der Waals surface area contributed by atoms with Gasteiger partial charge in [0, 0.05) is 11.8 Å². The van der Waals surface area contributed by atoms with Crippen LogP contribution in [0.25, 0.3) is 0 Å². The molecule has 0 spiro atoms. The molecule has 1 amide bonds. The molecule has 0 aliphatic carbocycles. The monoisotopic (exact) mass is 367 g/mol. The van der Waals surface area contributed by atoms with E-state index in [1.54, 1.807) is 30.3 Å². The number of carbonyl (C=O) groups excluding carboxylic acids is 1. The molecule has 10 heteroatoms. The number of aliphatic hydroxyl groups is 2. The first-order valence-electron chi connectivity index (χ1n) is 7.62. The van der Waals surface area contributed by atoms with E-state index in [-0.39, 0.29) is 5.82 Å². The molecule has 3 rings (SSSR count). The number of benzene rings is 1. The highest BCUT2D eigenvalue weighted by molar-refractivity contribution is 6.03. The normalized spacial score (nSPS) is 24.4. The molecule has 1 aromatic carbocycles. The van der Waals surface area contributed by atoms with Gasteiger partial charge in [0.05, 0.1) is 6.61 Å². The topological polar surface area (TPSA) is 114 Å². The number of hydrogen-bond acceptors (Lipinski definition) is 6. The van der Waals surface area contributed by atoms with Crippen molar-refractivity contribution in [3.8, 4) is 0 Å². The smallest absolute Gasteiger partial charge is 0.351 e. The number of anilines is 1. The van der Waals surface area contributed by atoms with E-state index in [9.17, 15) is 23.5 Å². The minimum Gasteiger partial charge on any atom is -0.394 e. The summed E-state index contributed by atoms with van der Waals surface area (Å²) in [5.74, 6) is -4.44. The van der Waals surface area contributed by atoms with Crippen LogP contribution in [-0.4, -0.2) is 50.4 Å². The van der Waals surface area contributed by atoms with Gasteiger partial charge in [-0.1, -0.05) is 18.2 Å². The third kappa shape index (κ3) is 3.21. The summed E-state index contributed by atoms with van der Waals surface area (Å²) in [5, 5.41) is 20.9. The Balaban J connectivity index is 1.82. The summed E-state index contributed by atoms with van der Waals surface area (Å²) in [4.78, 5) is 27.6. The zero-order valence-corrected chi connectivity index (χ0v) is 13.3. The number of hydrogen-bond donors (Lipinski definition) is 3. The molecule has 2 heterocycles. The Morgan fingerprint density at radius 1 is 1.31 bits per heavy atom. The van der Waals surface area contributed by atoms with Gasteiger partial charge < -0.3 is 20.3 Å². The van der Waals surface area contributed by atoms with Gasteiger partial charge in [0.1, 0.15) is 11.9 Å². The zero-order valence-electron chi connectivity index (χ0n) is 13.3. The number of aliphatic hydroxyl groups excluding tert-OH is 2. The second-order valence-electron chi connectivity index (χ2n) is 5.65. The van der Waals surface area contributed by atoms with Crippen LogP contribution in [0.1, 0.15) is 16.6 Å². The average Bonchev–Trinajstić information content (AvgIpc) is 2.85. The highest BCUT2D eigenvalue weighted by Crippen LogP contribution is 2.41. The van der Waals surface area contributed by atoms with Gasteiger partial charge in [0.2, 0.25) is 6.23 Å². The molecule has 1 aromatic heterocycles. The molecule has 138 valence electrons. The molecular weight excluding hydrogens is 352 g/mol. The molecule has 3 N–H and O–H groups in total. The quantitative estimate of drug-likeness (QED) is 0.720. The van der Waals surface area contributed by atoms with E-state index in [0.717, 1.165) is 12.3 Å². The first-order valence-corrected chi connectivity index (χ1v) is 7.62. The van der Waals surface area contributed by atoms with Crippen molar-refractivity contribution in [2.24, 2.45) is 0 Å². The Labute approximate surface area is 145 Å². The number of amides is 1. The maximum atomic E-state index is 14.1. The number of ether oxygens (including phenoxy) is 1. The van der Waals surface area contributed by atoms with E-state index < -0.39 is 42.6 Å². The fourth-order valence-electron chi connectivity index (χ4n) is 2.56. The highest BCUT2D eigenvalue weighted by Gasteiger charge is 2.59. The Bertz CT molecular complexity index is 858. The lowest BCUT2D eigenvalue weighted by atomic mass is 10.1. The van der Waals surface area contributed by atoms with Crippen molar-refractivity contribution in [1.29, 1.82) is 0 Å². The zero-order chi connectivity index (χ0) is 18.9. The lowest BCUT2D eigenvalue weighted by Gasteiger charge is -2.21. The van der Waals surface area contributed by atoms with Crippen molar-refractivity contribution in [3.05, 3.63) is 58.6 Å². The van der Waals surface area contributed by atoms with E-state index >= 15 is 0 Å². The average molecular weight is 367 g/mol. The molecule has 1 aliphatic rings. The van der Waals surface area contributed by atoms with Crippen LogP contribution in [0.2, 0.25) is 0 Å². The van der Waals surface area contributed by atoms with Crippen molar-refractivity contribution >= 4 is 11.7 Å². The van der Waals surface area contributed by atoms with Gasteiger partial charge in [0.15, 0.2) is 6.10 Å². The predicted octanol–water partition coefficient (Wildman–Crippen LogP) is 0.381. The molecule has 26 heavy (non-hydrogen) atoms. The van der Waals surface area contributed by atoms with Crippen LogP contribution >= 0.6 is 0 Å². The second-order valence-corrected chi connectivity index (χ2v) is 5.65. The van der Waals surface area contributed by atoms with Crippen LogP contribution < -0.4 is 11.0 Å². The minimum atomic E-state index is -3.80. The Kier molecular flexibility index (Phi) is 4.81. The molecule has 2 aromatic rings. The second kappa shape index (κ2) is 6.90. The number of carbonyl (C=O) groups is 1. The van der Waals surface area contributed by atoms with Crippen LogP contribution in [-0.2, 0) is 4.74 Å². The Hall–Kier alpha value is -2.69. The third-order valence-corrected chi connectivity index (χ3v) is 3.92. The van der Waals surface area contributed by atoms with Gasteiger partial charge in [-0.15, -0.1) is 0 Å². The third-order valence-electron chi connectivity index (χ3n) is 3.92. The molecule has 8 nitrogen and oxygen atoms in total. The summed E-state index contributed by atoms with van der Waals surface area (Å²) in [6.07, 6.45) is -4.93. The lowest BCUT2D eigenvalue weighted by molar-refractivity contribution is -0.140. The maximum absolute atomic E-state index is 14.1. The number of aromatic nitrogens is 2. The molecule has 0 bridgehead atoms. The first kappa shape index (κ1) is 18.1. The first-order chi connectivity index (χ1) is 12.3. The predicted molar refractivity (Wildman–Crippen MR) is 84.8 cm³/mol. The largest absolute Gasteiger partial charge is 0.394 e. The standard InChI is InChI=1S/C16H15F2N3O5/c17-16(18)12(23)10(8-22)26-14(16)21-7-6-11(20-15(21)25)19-13(24)9-4-2-1-3-5-9/h1-7,10,12,14,22-23H,8H2,(H,19,20,24,25)/t10-,12?,14-/m1/s1. The summed E-state index contributed by atoms with van der Waals surface area (Å²) in [5.41, 5.74) is -0.774. The number of rotatable bonds is 4. The molecule has 1 aliphatic heterocycles. The van der Waals surface area contributed by atoms with Crippen molar-refractivity contribution in [2.45, 2.75) is 24.4 Å². The van der Waals surface area contributed by atoms with E-state index in [1.165, 1.54) is 0 Å². The van der Waals surface area contributed by atoms with Gasteiger partial charge in [0.25, 0.3) is 5.91 Å². The van der Waals surface area contributed by atoms with Gasteiger partial charge >= 0.3 is 11.6 Å². The van der Waals surface area contributed by atoms with Crippen LogP contribution in [0, 0.1) is 0 Å².